The van der Waals surface area contributed by atoms with E-state index in [0.717, 1.165) is 0 Å². The summed E-state index contributed by atoms with van der Waals surface area (Å²) in [5, 5.41) is 32.6. The van der Waals surface area contributed by atoms with Crippen LogP contribution in [-0.4, -0.2) is 38.7 Å². The molecule has 8 heteroatoms. The minimum atomic E-state index is 0.0440. The van der Waals surface area contributed by atoms with Gasteiger partial charge in [0.25, 0.3) is 0 Å². The van der Waals surface area contributed by atoms with Crippen molar-refractivity contribution in [2.24, 2.45) is 0 Å². The number of aromatic amines is 1. The Morgan fingerprint density at radius 1 is 1.62 bits per heavy atom. The molecule has 0 amide bonds. The van der Waals surface area contributed by atoms with Gasteiger partial charge in [0.05, 0.1) is 6.61 Å². The van der Waals surface area contributed by atoms with Crippen molar-refractivity contribution in [3.05, 3.63) is 11.1 Å². The molecule has 0 saturated carbocycles. The third-order valence-electron chi connectivity index (χ3n) is 1.80. The minimum Gasteiger partial charge on any atom is -0.395 e. The fourth-order valence-electron chi connectivity index (χ4n) is 1.11. The standard InChI is InChI=1S/C8H8N6OS/c9-3-5-7(13-14-12-5)6-4-16-8(11-6)10-1-2-15/h4,15H,1-2H2,(H,10,11)(H,12,13,14). The van der Waals surface area contributed by atoms with E-state index in [0.29, 0.717) is 28.8 Å². The van der Waals surface area contributed by atoms with Gasteiger partial charge in [-0.15, -0.1) is 16.4 Å². The van der Waals surface area contributed by atoms with Crippen molar-refractivity contribution in [1.82, 2.24) is 20.4 Å². The van der Waals surface area contributed by atoms with Crippen LogP contribution in [0.2, 0.25) is 0 Å². The number of aromatic nitrogens is 4. The van der Waals surface area contributed by atoms with Crippen molar-refractivity contribution < 1.29 is 5.11 Å². The molecule has 0 aromatic carbocycles. The number of nitriles is 1. The smallest absolute Gasteiger partial charge is 0.183 e. The van der Waals surface area contributed by atoms with Crippen molar-refractivity contribution in [2.75, 3.05) is 18.5 Å². The van der Waals surface area contributed by atoms with E-state index in [1.807, 2.05) is 6.07 Å². The predicted molar refractivity (Wildman–Crippen MR) is 57.8 cm³/mol. The maximum absolute atomic E-state index is 8.78. The summed E-state index contributed by atoms with van der Waals surface area (Å²) in [5.41, 5.74) is 1.32. The first-order valence-electron chi connectivity index (χ1n) is 4.47. The molecule has 2 aromatic rings. The topological polar surface area (TPSA) is 111 Å². The molecule has 2 rings (SSSR count). The lowest BCUT2D eigenvalue weighted by Crippen LogP contribution is -2.04. The molecular formula is C8H8N6OS. The molecule has 0 aliphatic rings. The summed E-state index contributed by atoms with van der Waals surface area (Å²) in [7, 11) is 0. The molecule has 0 aliphatic heterocycles. The van der Waals surface area contributed by atoms with Gasteiger partial charge in [-0.3, -0.25) is 0 Å². The second kappa shape index (κ2) is 4.69. The Morgan fingerprint density at radius 3 is 3.25 bits per heavy atom. The van der Waals surface area contributed by atoms with Gasteiger partial charge in [-0.25, -0.2) is 10.1 Å². The van der Waals surface area contributed by atoms with Crippen LogP contribution in [-0.2, 0) is 0 Å². The average molecular weight is 236 g/mol. The number of nitrogens with zero attached hydrogens (tertiary/aromatic N) is 4. The number of nitrogens with one attached hydrogen (secondary N) is 2. The zero-order chi connectivity index (χ0) is 11.4. The summed E-state index contributed by atoms with van der Waals surface area (Å²) in [5.74, 6) is 0. The Labute approximate surface area is 94.8 Å². The van der Waals surface area contributed by atoms with Crippen LogP contribution in [0.15, 0.2) is 5.38 Å². The van der Waals surface area contributed by atoms with Crippen molar-refractivity contribution in [1.29, 1.82) is 5.26 Å². The first-order valence-corrected chi connectivity index (χ1v) is 5.35. The number of aliphatic hydroxyl groups excluding tert-OH is 1. The van der Waals surface area contributed by atoms with Crippen LogP contribution in [0.25, 0.3) is 11.4 Å². The number of hydrogen-bond acceptors (Lipinski definition) is 7. The molecule has 16 heavy (non-hydrogen) atoms. The van der Waals surface area contributed by atoms with E-state index in [9.17, 15) is 0 Å². The summed E-state index contributed by atoms with van der Waals surface area (Å²) < 4.78 is 0. The summed E-state index contributed by atoms with van der Waals surface area (Å²) in [6.07, 6.45) is 0. The normalized spacial score (nSPS) is 10.0. The summed E-state index contributed by atoms with van der Waals surface area (Å²) in [4.78, 5) is 4.22. The van der Waals surface area contributed by atoms with E-state index >= 15 is 0 Å². The predicted octanol–water partition coefficient (Wildman–Crippen LogP) is 0.204. The second-order valence-electron chi connectivity index (χ2n) is 2.84. The molecule has 2 heterocycles. The van der Waals surface area contributed by atoms with Gasteiger partial charge in [0, 0.05) is 11.9 Å². The lowest BCUT2D eigenvalue weighted by molar-refractivity contribution is 0.311. The molecule has 3 N–H and O–H groups in total. The fraction of sp³-hybridized carbons (Fsp3) is 0.250. The fourth-order valence-corrected chi connectivity index (χ4v) is 1.84. The molecule has 0 fully saturated rings. The Morgan fingerprint density at radius 2 is 2.50 bits per heavy atom. The maximum Gasteiger partial charge on any atom is 0.183 e. The first-order chi connectivity index (χ1) is 7.85. The van der Waals surface area contributed by atoms with Crippen molar-refractivity contribution in [3.8, 4) is 17.5 Å². The highest BCUT2D eigenvalue weighted by Crippen LogP contribution is 2.24. The maximum atomic E-state index is 8.78. The number of thiazole rings is 1. The van der Waals surface area contributed by atoms with Gasteiger partial charge >= 0.3 is 0 Å². The molecule has 0 unspecified atom stereocenters. The second-order valence-corrected chi connectivity index (χ2v) is 3.69. The van der Waals surface area contributed by atoms with Gasteiger partial charge in [-0.1, -0.05) is 5.21 Å². The third-order valence-corrected chi connectivity index (χ3v) is 2.60. The highest BCUT2D eigenvalue weighted by Gasteiger charge is 2.12. The lowest BCUT2D eigenvalue weighted by Gasteiger charge is -1.96. The van der Waals surface area contributed by atoms with Crippen LogP contribution in [0.4, 0.5) is 5.13 Å². The Hall–Kier alpha value is -1.98. The van der Waals surface area contributed by atoms with E-state index < -0.39 is 0 Å². The molecule has 0 atom stereocenters. The van der Waals surface area contributed by atoms with Gasteiger partial charge in [-0.2, -0.15) is 5.26 Å². The van der Waals surface area contributed by atoms with Crippen molar-refractivity contribution in [3.63, 3.8) is 0 Å². The number of H-pyrrole nitrogens is 1. The van der Waals surface area contributed by atoms with Crippen LogP contribution < -0.4 is 5.32 Å². The van der Waals surface area contributed by atoms with Crippen LogP contribution >= 0.6 is 11.3 Å². The summed E-state index contributed by atoms with van der Waals surface area (Å²) in [6, 6.07) is 1.95. The van der Waals surface area contributed by atoms with E-state index in [2.05, 4.69) is 25.7 Å². The van der Waals surface area contributed by atoms with E-state index in [4.69, 9.17) is 10.4 Å². The number of aliphatic hydroxyl groups is 1. The summed E-state index contributed by atoms with van der Waals surface area (Å²) >= 11 is 1.38. The van der Waals surface area contributed by atoms with Gasteiger partial charge in [-0.05, 0) is 0 Å². The average Bonchev–Trinajstić information content (AvgIpc) is 2.94. The molecule has 0 bridgehead atoms. The van der Waals surface area contributed by atoms with Crippen molar-refractivity contribution in [2.45, 2.75) is 0 Å². The Kier molecular flexibility index (Phi) is 3.09. The van der Waals surface area contributed by atoms with Gasteiger partial charge in [0.1, 0.15) is 17.5 Å². The van der Waals surface area contributed by atoms with E-state index in [1.165, 1.54) is 11.3 Å². The monoisotopic (exact) mass is 236 g/mol. The Balaban J connectivity index is 2.22. The first kappa shape index (κ1) is 10.5. The highest BCUT2D eigenvalue weighted by molar-refractivity contribution is 7.14. The molecule has 7 nitrogen and oxygen atoms in total. The largest absolute Gasteiger partial charge is 0.395 e. The number of rotatable bonds is 4. The van der Waals surface area contributed by atoms with Gasteiger partial charge in [0.2, 0.25) is 0 Å². The third kappa shape index (κ3) is 2.00. The zero-order valence-electron chi connectivity index (χ0n) is 8.14. The van der Waals surface area contributed by atoms with E-state index in [1.54, 1.807) is 5.38 Å². The van der Waals surface area contributed by atoms with E-state index in [-0.39, 0.29) is 6.61 Å². The molecule has 0 saturated heterocycles. The SMILES string of the molecule is N#Cc1[nH]nnc1-c1csc(NCCO)n1. The van der Waals surface area contributed by atoms with Crippen LogP contribution in [0.5, 0.6) is 0 Å². The number of hydrogen-bond donors (Lipinski definition) is 3. The van der Waals surface area contributed by atoms with Crippen molar-refractivity contribution >= 4 is 16.5 Å². The van der Waals surface area contributed by atoms with Crippen LogP contribution in [0, 0.1) is 11.3 Å². The quantitative estimate of drug-likeness (QED) is 0.699. The molecule has 2 aromatic heterocycles. The molecule has 0 spiro atoms. The molecule has 0 aliphatic carbocycles. The van der Waals surface area contributed by atoms with Crippen LogP contribution in [0.3, 0.4) is 0 Å². The number of anilines is 1. The molecule has 82 valence electrons. The summed E-state index contributed by atoms with van der Waals surface area (Å²) in [6.45, 7) is 0.485. The minimum absolute atomic E-state index is 0.0440. The van der Waals surface area contributed by atoms with Crippen LogP contribution in [0.1, 0.15) is 5.69 Å². The van der Waals surface area contributed by atoms with Gasteiger partial charge < -0.3 is 10.4 Å². The highest BCUT2D eigenvalue weighted by atomic mass is 32.1. The lowest BCUT2D eigenvalue weighted by atomic mass is 10.3. The Bertz CT molecular complexity index is 513. The van der Waals surface area contributed by atoms with Gasteiger partial charge in [0.15, 0.2) is 10.8 Å². The zero-order valence-corrected chi connectivity index (χ0v) is 8.95. The molecular weight excluding hydrogens is 228 g/mol. The molecule has 0 radical (unpaired) electrons.